The van der Waals surface area contributed by atoms with E-state index in [0.717, 1.165) is 10.5 Å². The Labute approximate surface area is 513 Å². The number of aliphatic hydroxyl groups excluding tert-OH is 1. The molecule has 2 unspecified atom stereocenters. The predicted octanol–water partition coefficient (Wildman–Crippen LogP) is 7.42. The quantitative estimate of drug-likeness (QED) is 0.0523. The Balaban J connectivity index is 1.36. The maximum absolute atomic E-state index is 14.7. The summed E-state index contributed by atoms with van der Waals surface area (Å²) in [5.41, 5.74) is 1.81. The second-order valence-electron chi connectivity index (χ2n) is 24.8. The molecule has 4 aliphatic rings. The lowest BCUT2D eigenvalue weighted by molar-refractivity contribution is -0.265. The van der Waals surface area contributed by atoms with Gasteiger partial charge in [0.1, 0.15) is 42.1 Å². The molecule has 16 atom stereocenters. The summed E-state index contributed by atoms with van der Waals surface area (Å²) < 4.78 is 60.0. The van der Waals surface area contributed by atoms with Crippen LogP contribution < -0.4 is 10.2 Å². The maximum Gasteiger partial charge on any atom is 0.409 e. The fourth-order valence-electron chi connectivity index (χ4n) is 12.2. The molecule has 2 saturated heterocycles. The Morgan fingerprint density at radius 2 is 1.52 bits per heavy atom. The number of benzene rings is 1. The van der Waals surface area contributed by atoms with Crippen LogP contribution in [0.25, 0.3) is 0 Å². The number of fused-ring (bicyclic) bond motifs is 3. The monoisotopic (exact) mass is 1260 g/mol. The van der Waals surface area contributed by atoms with E-state index in [1.165, 1.54) is 31.3 Å². The number of allylic oxidation sites excluding steroid dienone is 6. The van der Waals surface area contributed by atoms with E-state index in [1.807, 2.05) is 51.2 Å². The Morgan fingerprint density at radius 1 is 0.828 bits per heavy atom. The molecule has 1 aliphatic carbocycles. The lowest BCUT2D eigenvalue weighted by atomic mass is 9.78. The number of hydrogen-bond acceptors (Lipinski definition) is 17. The first kappa shape index (κ1) is 73.0. The number of carbonyl (C=O) groups excluding carboxylic acids is 6. The van der Waals surface area contributed by atoms with Gasteiger partial charge in [-0.1, -0.05) is 71.1 Å². The van der Waals surface area contributed by atoms with Gasteiger partial charge in [0.25, 0.3) is 11.7 Å². The molecule has 1 saturated carbocycles. The number of nitrogens with zero attached hydrogens (tertiary/aromatic N) is 3. The lowest BCUT2D eigenvalue weighted by Crippen LogP contribution is -2.61. The Morgan fingerprint density at radius 3 is 2.16 bits per heavy atom. The highest BCUT2D eigenvalue weighted by molar-refractivity contribution is 7.77. The summed E-state index contributed by atoms with van der Waals surface area (Å²) in [6, 6.07) is 4.55. The van der Waals surface area contributed by atoms with Crippen LogP contribution in [0.1, 0.15) is 126 Å². The predicted molar refractivity (Wildman–Crippen MR) is 328 cm³/mol. The molecule has 3 fully saturated rings. The van der Waals surface area contributed by atoms with E-state index >= 15 is 0 Å². The van der Waals surface area contributed by atoms with Gasteiger partial charge in [0.05, 0.1) is 18.3 Å². The Kier molecular flexibility index (Phi) is 27.6. The van der Waals surface area contributed by atoms with Crippen molar-refractivity contribution in [3.05, 3.63) is 71.9 Å². The number of piperidine rings is 1. The summed E-state index contributed by atoms with van der Waals surface area (Å²) in [6.45, 7) is 13.1. The fraction of sp³-hybridized carbons (Fsp3) is 0.683. The van der Waals surface area contributed by atoms with Crippen molar-refractivity contribution < 1.29 is 91.2 Å². The van der Waals surface area contributed by atoms with Crippen LogP contribution in [0, 0.1) is 35.5 Å². The molecule has 0 radical (unpaired) electrons. The van der Waals surface area contributed by atoms with Gasteiger partial charge < -0.3 is 68.0 Å². The highest BCUT2D eigenvalue weighted by atomic mass is 31.2. The van der Waals surface area contributed by atoms with E-state index in [0.29, 0.717) is 75.6 Å². The molecule has 87 heavy (non-hydrogen) atoms. The second kappa shape index (κ2) is 32.9. The van der Waals surface area contributed by atoms with Crippen LogP contribution in [0.5, 0.6) is 0 Å². The molecule has 5 rings (SSSR count). The van der Waals surface area contributed by atoms with Crippen molar-refractivity contribution in [2.24, 2.45) is 35.5 Å². The van der Waals surface area contributed by atoms with Crippen LogP contribution >= 0.6 is 15.0 Å². The fourth-order valence-corrected chi connectivity index (χ4v) is 15.5. The number of rotatable bonds is 14. The summed E-state index contributed by atoms with van der Waals surface area (Å²) in [5.74, 6) is -9.99. The zero-order valence-corrected chi connectivity index (χ0v) is 54.6. The van der Waals surface area contributed by atoms with Crippen molar-refractivity contribution in [3.63, 3.8) is 0 Å². The van der Waals surface area contributed by atoms with Crippen LogP contribution in [-0.2, 0) is 61.5 Å². The molecule has 488 valence electrons. The van der Waals surface area contributed by atoms with E-state index in [9.17, 15) is 62.8 Å². The molecule has 0 spiro atoms. The SMILES string of the molecule is CO[C@H]1C[C@@H]2CC[C@@H](C)[C@@](O)(O2)C(=O)C(=O)N2CCCCC2C(=O)O[C@H]([C@H](C)C[C@@H]2CC[C@@H](OC(=O)N(C)CCN(C)c3ccc(P(=O)(O)CP(=O)(O)O)cc3)[C@H](OC)C2)CC(=O)[C@H](C)/C=C(\C)[C@@H](O)[C@@H](OC)C(=O)[C@H](C)C[C@H](C)/C=C/C=C/C=C/1C. The van der Waals surface area contributed by atoms with Gasteiger partial charge >= 0.3 is 19.7 Å². The smallest absolute Gasteiger partial charge is 0.409 e. The minimum atomic E-state index is -4.75. The van der Waals surface area contributed by atoms with Crippen molar-refractivity contribution in [2.75, 3.05) is 65.9 Å². The molecule has 0 aromatic heterocycles. The molecule has 24 heteroatoms. The summed E-state index contributed by atoms with van der Waals surface area (Å²) >= 11 is 0. The van der Waals surface area contributed by atoms with Gasteiger partial charge in [-0.25, -0.2) is 9.59 Å². The number of Topliss-reactive ketones (excluding diaryl/α,β-unsaturated/α-hetero) is 3. The number of hydrogen-bond donors (Lipinski definition) is 5. The number of anilines is 1. The van der Waals surface area contributed by atoms with Crippen molar-refractivity contribution in [2.45, 2.75) is 180 Å². The number of ketones is 3. The van der Waals surface area contributed by atoms with Gasteiger partial charge in [-0.2, -0.15) is 0 Å². The molecule has 2 amide bonds. The van der Waals surface area contributed by atoms with E-state index in [2.05, 4.69) is 0 Å². The van der Waals surface area contributed by atoms with Crippen molar-refractivity contribution >= 4 is 61.3 Å². The first-order chi connectivity index (χ1) is 40.8. The van der Waals surface area contributed by atoms with Crippen LogP contribution in [0.4, 0.5) is 10.5 Å². The standard InChI is InChI=1S/C63H97N3O19P2/c1-39-18-14-13-15-19-40(2)53(80-10)36-48-25-21-45(7)63(74,85-48)59(70)60(71)66-29-17-16-20-50(66)61(72)83-54(37-51(67)41(3)33-44(6)57(69)58(82-12)56(68)43(5)32-39)42(4)34-46-22-28-52(55(35-46)81-11)84-62(73)65(9)31-30-64(8)47-23-26-49(27-24-47)86(75,76)38-87(77,78)79/h13-15,18-19,23-24,26-27,33,39,41-43,45-46,48,50,52-55,57-58,69,74H,16-17,20-22,25,28-32,34-38H2,1-12H3,(H,75,76)(H2,77,78,79)/b15-13+,18-14+,40-19+,44-33+/t39-,41-,42-,43-,45-,46+,48+,50?,52-,53+,54+,55-,57-,58+,63-/m1/s1. The van der Waals surface area contributed by atoms with Gasteiger partial charge in [0.2, 0.25) is 13.2 Å². The molecule has 3 aliphatic heterocycles. The number of cyclic esters (lactones) is 1. The molecular weight excluding hydrogens is 1160 g/mol. The topological polar surface area (TPSA) is 303 Å². The summed E-state index contributed by atoms with van der Waals surface area (Å²) in [7, 11) is -1.27. The van der Waals surface area contributed by atoms with Crippen molar-refractivity contribution in [3.8, 4) is 0 Å². The third kappa shape index (κ3) is 20.4. The Hall–Kier alpha value is -4.70. The molecule has 5 N–H and O–H groups in total. The van der Waals surface area contributed by atoms with Gasteiger partial charge in [0, 0.05) is 96.6 Å². The maximum atomic E-state index is 14.7. The number of amides is 2. The summed E-state index contributed by atoms with van der Waals surface area (Å²) in [6.07, 6.45) is 8.97. The van der Waals surface area contributed by atoms with Gasteiger partial charge in [-0.15, -0.1) is 0 Å². The van der Waals surface area contributed by atoms with Crippen LogP contribution in [0.3, 0.4) is 0 Å². The average molecular weight is 1260 g/mol. The molecule has 1 aromatic rings. The molecule has 2 bridgehead atoms. The van der Waals surface area contributed by atoms with Crippen molar-refractivity contribution in [1.29, 1.82) is 0 Å². The lowest BCUT2D eigenvalue weighted by Gasteiger charge is -2.42. The first-order valence-electron chi connectivity index (χ1n) is 30.4. The third-order valence-electron chi connectivity index (χ3n) is 17.9. The highest BCUT2D eigenvalue weighted by Gasteiger charge is 2.53. The second-order valence-corrected chi connectivity index (χ2v) is 29.2. The van der Waals surface area contributed by atoms with Gasteiger partial charge in [-0.05, 0) is 131 Å². The number of ether oxygens (including phenoxy) is 6. The van der Waals surface area contributed by atoms with E-state index in [4.69, 9.17) is 28.4 Å². The van der Waals surface area contributed by atoms with Crippen LogP contribution in [0.2, 0.25) is 0 Å². The molecule has 1 aromatic carbocycles. The normalized spacial score (nSPS) is 34.0. The molecular formula is C63H97N3O19P2. The van der Waals surface area contributed by atoms with Crippen molar-refractivity contribution in [1.82, 2.24) is 9.80 Å². The van der Waals surface area contributed by atoms with E-state index in [1.54, 1.807) is 72.0 Å². The number of methoxy groups -OCH3 is 3. The number of likely N-dealkylation sites (N-methyl/N-ethyl adjacent to an activating group) is 2. The summed E-state index contributed by atoms with van der Waals surface area (Å²) in [5, 5.41) is 23.6. The van der Waals surface area contributed by atoms with Gasteiger partial charge in [0.15, 0.2) is 5.78 Å². The van der Waals surface area contributed by atoms with Crippen LogP contribution in [0.15, 0.2) is 71.9 Å². The van der Waals surface area contributed by atoms with E-state index < -0.39 is 123 Å². The minimum absolute atomic E-state index is 0.0231. The Bertz CT molecular complexity index is 2750. The average Bonchev–Trinajstić information content (AvgIpc) is 0.881. The number of carbonyl (C=O) groups is 6. The molecule has 22 nitrogen and oxygen atoms in total. The first-order valence-corrected chi connectivity index (χ1v) is 34.1. The minimum Gasteiger partial charge on any atom is -0.460 e. The zero-order chi connectivity index (χ0) is 64.7. The number of esters is 1. The molecule has 3 heterocycles. The number of aliphatic hydroxyl groups is 2. The zero-order valence-electron chi connectivity index (χ0n) is 52.9. The summed E-state index contributed by atoms with van der Waals surface area (Å²) in [4.78, 5) is 119. The third-order valence-corrected chi connectivity index (χ3v) is 22.0. The van der Waals surface area contributed by atoms with E-state index in [-0.39, 0.29) is 61.1 Å². The van der Waals surface area contributed by atoms with Gasteiger partial charge in [-0.3, -0.25) is 28.3 Å². The largest absolute Gasteiger partial charge is 0.460 e. The van der Waals surface area contributed by atoms with Crippen LogP contribution in [-0.4, -0.2) is 186 Å². The highest BCUT2D eigenvalue weighted by Crippen LogP contribution is 2.54.